The number of carbonyl (C=O) groups is 4. The van der Waals surface area contributed by atoms with E-state index in [0.717, 1.165) is 31.3 Å². The highest BCUT2D eigenvalue weighted by Gasteiger charge is 2.53. The van der Waals surface area contributed by atoms with Crippen LogP contribution in [0.15, 0.2) is 40.0 Å². The number of para-hydroxylation sites is 1. The number of nitrogens with one attached hydrogen (secondary N) is 1. The summed E-state index contributed by atoms with van der Waals surface area (Å²) in [7, 11) is 0. The Morgan fingerprint density at radius 3 is 2.11 bits per heavy atom. The molecule has 0 saturated carbocycles. The van der Waals surface area contributed by atoms with Crippen molar-refractivity contribution >= 4 is 41.3 Å². The summed E-state index contributed by atoms with van der Waals surface area (Å²) in [5.74, 6) is -2.46. The summed E-state index contributed by atoms with van der Waals surface area (Å²) in [6, 6.07) is 9.40. The van der Waals surface area contributed by atoms with Crippen LogP contribution in [0.3, 0.4) is 0 Å². The third-order valence-electron chi connectivity index (χ3n) is 4.83. The number of carbonyl (C=O) groups excluding carboxylic acids is 4. The van der Waals surface area contributed by atoms with Gasteiger partial charge in [0, 0.05) is 33.4 Å². The molecule has 1 fully saturated rings. The molecule has 37 heavy (non-hydrogen) atoms. The molecule has 0 aliphatic carbocycles. The van der Waals surface area contributed by atoms with Crippen molar-refractivity contribution < 1.29 is 47.3 Å². The number of nitrogens with zero attached hydrogens (tertiary/aromatic N) is 2. The van der Waals surface area contributed by atoms with Gasteiger partial charge in [-0.05, 0) is 23.9 Å². The van der Waals surface area contributed by atoms with Crippen LogP contribution in [0.4, 0.5) is 5.69 Å². The Morgan fingerprint density at radius 2 is 1.49 bits per heavy atom. The molecule has 0 spiro atoms. The van der Waals surface area contributed by atoms with Crippen molar-refractivity contribution in [2.75, 3.05) is 11.9 Å². The molecule has 0 unspecified atom stereocenters. The van der Waals surface area contributed by atoms with Gasteiger partial charge in [-0.3, -0.25) is 19.2 Å². The molecule has 0 amide bonds. The zero-order chi connectivity index (χ0) is 26.9. The summed E-state index contributed by atoms with van der Waals surface area (Å²) in [4.78, 5) is 47.1. The molecule has 14 heteroatoms. The van der Waals surface area contributed by atoms with Crippen LogP contribution in [-0.2, 0) is 49.4 Å². The first kappa shape index (κ1) is 27.9. The zero-order valence-electron chi connectivity index (χ0n) is 20.6. The first-order chi connectivity index (χ1) is 17.6. The van der Waals surface area contributed by atoms with Gasteiger partial charge in [-0.25, -0.2) is 0 Å². The average molecular weight is 538 g/mol. The average Bonchev–Trinajstić information content (AvgIpc) is 3.27. The molecule has 3 rings (SSSR count). The molecular formula is C23H27N3O10S. The molecule has 1 aliphatic heterocycles. The molecule has 13 nitrogen and oxygen atoms in total. The lowest BCUT2D eigenvalue weighted by Crippen LogP contribution is -2.61. The van der Waals surface area contributed by atoms with Crippen LogP contribution in [0.25, 0.3) is 0 Å². The van der Waals surface area contributed by atoms with Crippen LogP contribution in [-0.4, -0.2) is 70.5 Å². The fourth-order valence-electron chi connectivity index (χ4n) is 3.47. The van der Waals surface area contributed by atoms with E-state index in [4.69, 9.17) is 28.1 Å². The zero-order valence-corrected chi connectivity index (χ0v) is 21.4. The second-order valence-electron chi connectivity index (χ2n) is 7.87. The Kier molecular flexibility index (Phi) is 9.85. The smallest absolute Gasteiger partial charge is 0.303 e. The number of benzene rings is 1. The van der Waals surface area contributed by atoms with Crippen LogP contribution in [0.5, 0.6) is 0 Å². The Bertz CT molecular complexity index is 1100. The van der Waals surface area contributed by atoms with Gasteiger partial charge in [0.2, 0.25) is 5.89 Å². The number of esters is 4. The maximum atomic E-state index is 11.9. The maximum Gasteiger partial charge on any atom is 0.303 e. The summed E-state index contributed by atoms with van der Waals surface area (Å²) in [5, 5.41) is 11.2. The van der Waals surface area contributed by atoms with E-state index >= 15 is 0 Å². The van der Waals surface area contributed by atoms with Crippen molar-refractivity contribution in [3.63, 3.8) is 0 Å². The molecule has 1 aromatic carbocycles. The summed E-state index contributed by atoms with van der Waals surface area (Å²) in [6.07, 6.45) is -4.82. The van der Waals surface area contributed by atoms with E-state index in [1.54, 1.807) is 0 Å². The minimum absolute atomic E-state index is 0.0748. The topological polar surface area (TPSA) is 165 Å². The minimum Gasteiger partial charge on any atom is -0.463 e. The van der Waals surface area contributed by atoms with Crippen molar-refractivity contribution in [1.29, 1.82) is 0 Å². The normalized spacial score (nSPS) is 23.0. The van der Waals surface area contributed by atoms with E-state index < -0.39 is 53.7 Å². The Hall–Kier alpha value is -3.65. The molecule has 0 bridgehead atoms. The predicted octanol–water partition coefficient (Wildman–Crippen LogP) is 1.86. The molecule has 1 N–H and O–H groups in total. The van der Waals surface area contributed by atoms with Crippen LogP contribution < -0.4 is 5.32 Å². The Morgan fingerprint density at radius 1 is 0.865 bits per heavy atom. The second-order valence-corrected chi connectivity index (χ2v) is 8.92. The van der Waals surface area contributed by atoms with E-state index in [2.05, 4.69) is 15.5 Å². The number of aromatic nitrogens is 2. The summed E-state index contributed by atoms with van der Waals surface area (Å²) < 4.78 is 32.9. The summed E-state index contributed by atoms with van der Waals surface area (Å²) in [5.41, 5.74) is -0.203. The van der Waals surface area contributed by atoms with Crippen molar-refractivity contribution in [3.8, 4) is 0 Å². The first-order valence-corrected chi connectivity index (χ1v) is 12.1. The predicted molar refractivity (Wildman–Crippen MR) is 126 cm³/mol. The van der Waals surface area contributed by atoms with E-state index in [0.29, 0.717) is 0 Å². The lowest BCUT2D eigenvalue weighted by Gasteiger charge is -2.43. The van der Waals surface area contributed by atoms with E-state index in [1.807, 2.05) is 30.3 Å². The number of hydrogen-bond donors (Lipinski definition) is 1. The summed E-state index contributed by atoms with van der Waals surface area (Å²) in [6.45, 7) is 4.58. The van der Waals surface area contributed by atoms with Crippen LogP contribution in [0.2, 0.25) is 0 Å². The lowest BCUT2D eigenvalue weighted by atomic mass is 9.99. The number of hydrogen-bond acceptors (Lipinski definition) is 14. The van der Waals surface area contributed by atoms with E-state index in [9.17, 15) is 19.2 Å². The molecule has 5 atom stereocenters. The molecular weight excluding hydrogens is 510 g/mol. The number of rotatable bonds is 10. The van der Waals surface area contributed by atoms with Crippen LogP contribution in [0.1, 0.15) is 33.6 Å². The fraction of sp³-hybridized carbons (Fsp3) is 0.478. The van der Waals surface area contributed by atoms with Crippen molar-refractivity contribution in [2.24, 2.45) is 0 Å². The summed E-state index contributed by atoms with van der Waals surface area (Å²) >= 11 is 0.907. The third-order valence-corrected chi connectivity index (χ3v) is 5.81. The van der Waals surface area contributed by atoms with Gasteiger partial charge in [0.25, 0.3) is 5.22 Å². The van der Waals surface area contributed by atoms with Gasteiger partial charge in [0.05, 0.1) is 6.54 Å². The standard InChI is InChI=1S/C23H27N3O10S/c1-12(27)31-11-17-19(32-13(2)28)20(33-14(3)29)21(34-15(4)30)22(35-17)37-23-26-25-18(36-23)10-24-16-8-6-5-7-9-16/h5-9,17,19-22,24H,10-11H2,1-4H3/t17-,19-,20+,21-,22+/m1/s1. The lowest BCUT2D eigenvalue weighted by molar-refractivity contribution is -0.237. The fourth-order valence-corrected chi connectivity index (χ4v) is 4.45. The minimum atomic E-state index is -1.28. The van der Waals surface area contributed by atoms with Gasteiger partial charge < -0.3 is 33.4 Å². The largest absolute Gasteiger partial charge is 0.463 e. The van der Waals surface area contributed by atoms with Crippen LogP contribution >= 0.6 is 11.8 Å². The van der Waals surface area contributed by atoms with Crippen LogP contribution in [0, 0.1) is 0 Å². The maximum absolute atomic E-state index is 11.9. The first-order valence-electron chi connectivity index (χ1n) is 11.2. The number of thioether (sulfide) groups is 1. The molecule has 1 aromatic heterocycles. The molecule has 0 radical (unpaired) electrons. The highest BCUT2D eigenvalue weighted by Crippen LogP contribution is 2.37. The quantitative estimate of drug-likeness (QED) is 0.344. The van der Waals surface area contributed by atoms with Gasteiger partial charge >= 0.3 is 23.9 Å². The second kappa shape index (κ2) is 13.1. The van der Waals surface area contributed by atoms with Gasteiger partial charge in [-0.2, -0.15) is 0 Å². The molecule has 200 valence electrons. The van der Waals surface area contributed by atoms with Gasteiger partial charge in [0.15, 0.2) is 23.7 Å². The van der Waals surface area contributed by atoms with Gasteiger partial charge in [-0.1, -0.05) is 18.2 Å². The molecule has 1 aliphatic rings. The Balaban J connectivity index is 1.84. The van der Waals surface area contributed by atoms with Crippen molar-refractivity contribution in [2.45, 2.75) is 69.3 Å². The highest BCUT2D eigenvalue weighted by molar-refractivity contribution is 7.99. The SMILES string of the molecule is CC(=O)OC[C@H]1O[C@@H](Sc2nnc(CNc3ccccc3)o2)[C@H](OC(C)=O)[C@@H](OC(C)=O)[C@@H]1OC(C)=O. The van der Waals surface area contributed by atoms with Crippen molar-refractivity contribution in [3.05, 3.63) is 36.2 Å². The molecule has 2 heterocycles. The number of ether oxygens (including phenoxy) is 5. The monoisotopic (exact) mass is 537 g/mol. The molecule has 1 saturated heterocycles. The van der Waals surface area contributed by atoms with Gasteiger partial charge in [-0.15, -0.1) is 10.2 Å². The van der Waals surface area contributed by atoms with Crippen molar-refractivity contribution in [1.82, 2.24) is 10.2 Å². The van der Waals surface area contributed by atoms with Gasteiger partial charge in [0.1, 0.15) is 12.7 Å². The van der Waals surface area contributed by atoms with E-state index in [-0.39, 0.29) is 24.3 Å². The Labute approximate surface area is 216 Å². The third kappa shape index (κ3) is 8.46. The molecule has 2 aromatic rings. The van der Waals surface area contributed by atoms with E-state index in [1.165, 1.54) is 13.8 Å². The highest BCUT2D eigenvalue weighted by atomic mass is 32.2. The number of anilines is 1.